The Morgan fingerprint density at radius 3 is 3.00 bits per heavy atom. The van der Waals surface area contributed by atoms with E-state index >= 15 is 0 Å². The lowest BCUT2D eigenvalue weighted by Crippen LogP contribution is -2.17. The molecule has 3 heteroatoms. The number of pyridine rings is 1. The third-order valence-corrected chi connectivity index (χ3v) is 3.16. The fourth-order valence-electron chi connectivity index (χ4n) is 1.73. The first-order valence-electron chi connectivity index (χ1n) is 5.44. The third-order valence-electron chi connectivity index (χ3n) is 2.43. The molecule has 2 rings (SSSR count). The Labute approximate surface area is 100 Å². The van der Waals surface area contributed by atoms with Crippen molar-refractivity contribution in [2.24, 2.45) is 0 Å². The summed E-state index contributed by atoms with van der Waals surface area (Å²) in [7, 11) is 0. The summed E-state index contributed by atoms with van der Waals surface area (Å²) in [5.74, 6) is 0. The highest BCUT2D eigenvalue weighted by atomic mass is 32.1. The Kier molecular flexibility index (Phi) is 3.57. The summed E-state index contributed by atoms with van der Waals surface area (Å²) in [5.41, 5.74) is 3.60. The average molecular weight is 232 g/mol. The first-order valence-corrected chi connectivity index (χ1v) is 6.38. The number of hydrogen-bond acceptors (Lipinski definition) is 3. The molecule has 1 atom stereocenters. The van der Waals surface area contributed by atoms with Gasteiger partial charge in [-0.05, 0) is 54.8 Å². The lowest BCUT2D eigenvalue weighted by Gasteiger charge is -2.14. The molecular weight excluding hydrogens is 216 g/mol. The summed E-state index contributed by atoms with van der Waals surface area (Å²) in [4.78, 5) is 4.18. The normalized spacial score (nSPS) is 12.4. The van der Waals surface area contributed by atoms with E-state index in [4.69, 9.17) is 0 Å². The fourth-order valence-corrected chi connectivity index (χ4v) is 2.41. The van der Waals surface area contributed by atoms with Gasteiger partial charge in [0.2, 0.25) is 0 Å². The van der Waals surface area contributed by atoms with Crippen molar-refractivity contribution < 1.29 is 0 Å². The molecular formula is C13H16N2S. The molecule has 0 bridgehead atoms. The van der Waals surface area contributed by atoms with Crippen LogP contribution in [0.15, 0.2) is 35.2 Å². The Morgan fingerprint density at radius 1 is 1.44 bits per heavy atom. The number of rotatable bonds is 4. The molecule has 0 aliphatic carbocycles. The van der Waals surface area contributed by atoms with Crippen LogP contribution in [0.1, 0.15) is 18.2 Å². The second-order valence-corrected chi connectivity index (χ2v) is 4.85. The van der Waals surface area contributed by atoms with Crippen molar-refractivity contribution >= 4 is 17.0 Å². The van der Waals surface area contributed by atoms with Gasteiger partial charge in [0.15, 0.2) is 0 Å². The van der Waals surface area contributed by atoms with Crippen LogP contribution in [0.3, 0.4) is 0 Å². The summed E-state index contributed by atoms with van der Waals surface area (Å²) < 4.78 is 0. The molecule has 2 heterocycles. The maximum absolute atomic E-state index is 4.18. The largest absolute Gasteiger partial charge is 0.382 e. The second kappa shape index (κ2) is 5.12. The molecule has 0 fully saturated rings. The minimum absolute atomic E-state index is 0.441. The molecule has 0 aliphatic heterocycles. The van der Waals surface area contributed by atoms with Crippen molar-refractivity contribution in [3.05, 3.63) is 46.4 Å². The molecule has 1 unspecified atom stereocenters. The van der Waals surface area contributed by atoms with Crippen molar-refractivity contribution in [2.45, 2.75) is 26.3 Å². The van der Waals surface area contributed by atoms with Crippen LogP contribution in [0, 0.1) is 6.92 Å². The van der Waals surface area contributed by atoms with E-state index in [-0.39, 0.29) is 0 Å². The molecule has 2 aromatic rings. The highest BCUT2D eigenvalue weighted by molar-refractivity contribution is 7.07. The molecule has 2 aromatic heterocycles. The second-order valence-electron chi connectivity index (χ2n) is 4.07. The maximum atomic E-state index is 4.18. The topological polar surface area (TPSA) is 24.9 Å². The van der Waals surface area contributed by atoms with E-state index in [0.29, 0.717) is 6.04 Å². The quantitative estimate of drug-likeness (QED) is 0.872. The van der Waals surface area contributed by atoms with Crippen LogP contribution >= 0.6 is 11.3 Å². The molecule has 16 heavy (non-hydrogen) atoms. The summed E-state index contributed by atoms with van der Waals surface area (Å²) >= 11 is 1.75. The summed E-state index contributed by atoms with van der Waals surface area (Å²) in [6, 6.07) is 6.71. The van der Waals surface area contributed by atoms with Gasteiger partial charge in [-0.15, -0.1) is 0 Å². The Balaban J connectivity index is 1.94. The SMILES string of the molecule is Cc1cc(NC(C)Cc2ccsc2)ccn1. The average Bonchev–Trinajstić information content (AvgIpc) is 2.70. The molecule has 0 spiro atoms. The molecule has 0 saturated heterocycles. The van der Waals surface area contributed by atoms with Crippen LogP contribution in [-0.2, 0) is 6.42 Å². The molecule has 0 amide bonds. The van der Waals surface area contributed by atoms with Crippen LogP contribution in [0.4, 0.5) is 5.69 Å². The Hall–Kier alpha value is -1.35. The summed E-state index contributed by atoms with van der Waals surface area (Å²) in [6.07, 6.45) is 2.90. The van der Waals surface area contributed by atoms with Gasteiger partial charge in [-0.25, -0.2) is 0 Å². The fraction of sp³-hybridized carbons (Fsp3) is 0.308. The number of nitrogens with one attached hydrogen (secondary N) is 1. The zero-order chi connectivity index (χ0) is 11.4. The van der Waals surface area contributed by atoms with Gasteiger partial charge in [0, 0.05) is 23.6 Å². The third kappa shape index (κ3) is 3.07. The van der Waals surface area contributed by atoms with Crippen LogP contribution in [0.25, 0.3) is 0 Å². The first-order chi connectivity index (χ1) is 7.74. The van der Waals surface area contributed by atoms with Gasteiger partial charge < -0.3 is 5.32 Å². The molecule has 2 nitrogen and oxygen atoms in total. The van der Waals surface area contributed by atoms with E-state index in [2.05, 4.69) is 40.1 Å². The standard InChI is InChI=1S/C13H16N2S/c1-10-8-13(3-5-14-10)15-11(2)7-12-4-6-16-9-12/h3-6,8-9,11H,7H2,1-2H3,(H,14,15). The highest BCUT2D eigenvalue weighted by Crippen LogP contribution is 2.13. The lowest BCUT2D eigenvalue weighted by atomic mass is 10.1. The Morgan fingerprint density at radius 2 is 2.31 bits per heavy atom. The van der Waals surface area contributed by atoms with E-state index in [1.54, 1.807) is 11.3 Å². The van der Waals surface area contributed by atoms with Gasteiger partial charge >= 0.3 is 0 Å². The van der Waals surface area contributed by atoms with Crippen LogP contribution in [0.5, 0.6) is 0 Å². The van der Waals surface area contributed by atoms with Crippen molar-refractivity contribution in [2.75, 3.05) is 5.32 Å². The Bertz CT molecular complexity index is 437. The predicted molar refractivity (Wildman–Crippen MR) is 70.1 cm³/mol. The first kappa shape index (κ1) is 11.1. The van der Waals surface area contributed by atoms with Gasteiger partial charge in [-0.2, -0.15) is 11.3 Å². The van der Waals surface area contributed by atoms with Gasteiger partial charge in [0.1, 0.15) is 0 Å². The lowest BCUT2D eigenvalue weighted by molar-refractivity contribution is 0.792. The maximum Gasteiger partial charge on any atom is 0.0393 e. The van der Waals surface area contributed by atoms with Crippen molar-refractivity contribution in [1.29, 1.82) is 0 Å². The molecule has 0 aliphatic rings. The summed E-state index contributed by atoms with van der Waals surface area (Å²) in [6.45, 7) is 4.21. The smallest absolute Gasteiger partial charge is 0.0393 e. The van der Waals surface area contributed by atoms with Crippen molar-refractivity contribution in [1.82, 2.24) is 4.98 Å². The number of nitrogens with zero attached hydrogens (tertiary/aromatic N) is 1. The van der Waals surface area contributed by atoms with Crippen LogP contribution < -0.4 is 5.32 Å². The van der Waals surface area contributed by atoms with Crippen LogP contribution in [0.2, 0.25) is 0 Å². The highest BCUT2D eigenvalue weighted by Gasteiger charge is 2.04. The monoisotopic (exact) mass is 232 g/mol. The predicted octanol–water partition coefficient (Wildman–Crippen LogP) is 3.49. The molecule has 0 radical (unpaired) electrons. The molecule has 0 aromatic carbocycles. The molecule has 1 N–H and O–H groups in total. The van der Waals surface area contributed by atoms with Gasteiger partial charge in [-0.1, -0.05) is 0 Å². The van der Waals surface area contributed by atoms with E-state index < -0.39 is 0 Å². The number of hydrogen-bond donors (Lipinski definition) is 1. The number of thiophene rings is 1. The number of aromatic nitrogens is 1. The van der Waals surface area contributed by atoms with E-state index in [1.807, 2.05) is 19.2 Å². The minimum Gasteiger partial charge on any atom is -0.382 e. The van der Waals surface area contributed by atoms with Gasteiger partial charge in [-0.3, -0.25) is 4.98 Å². The van der Waals surface area contributed by atoms with E-state index in [1.165, 1.54) is 5.56 Å². The van der Waals surface area contributed by atoms with E-state index in [9.17, 15) is 0 Å². The number of aryl methyl sites for hydroxylation is 1. The summed E-state index contributed by atoms with van der Waals surface area (Å²) in [5, 5.41) is 7.81. The van der Waals surface area contributed by atoms with E-state index in [0.717, 1.165) is 17.8 Å². The van der Waals surface area contributed by atoms with Crippen molar-refractivity contribution in [3.63, 3.8) is 0 Å². The minimum atomic E-state index is 0.441. The molecule has 0 saturated carbocycles. The molecule has 84 valence electrons. The zero-order valence-corrected chi connectivity index (χ0v) is 10.4. The van der Waals surface area contributed by atoms with Gasteiger partial charge in [0.05, 0.1) is 0 Å². The van der Waals surface area contributed by atoms with Crippen molar-refractivity contribution in [3.8, 4) is 0 Å². The number of anilines is 1. The van der Waals surface area contributed by atoms with Gasteiger partial charge in [0.25, 0.3) is 0 Å². The van der Waals surface area contributed by atoms with Crippen LogP contribution in [-0.4, -0.2) is 11.0 Å². The zero-order valence-electron chi connectivity index (χ0n) is 9.60.